The fourth-order valence-corrected chi connectivity index (χ4v) is 3.06. The third-order valence-electron chi connectivity index (χ3n) is 4.31. The number of hydrogen-bond donors (Lipinski definition) is 0. The number of benzene rings is 2. The summed E-state index contributed by atoms with van der Waals surface area (Å²) in [6, 6.07) is 16.2. The first kappa shape index (κ1) is 14.0. The van der Waals surface area contributed by atoms with E-state index in [9.17, 15) is 10.5 Å². The Balaban J connectivity index is 2.27. The summed E-state index contributed by atoms with van der Waals surface area (Å²) in [6.45, 7) is 4.18. The maximum absolute atomic E-state index is 9.48. The molecule has 2 aromatic rings. The van der Waals surface area contributed by atoms with E-state index in [2.05, 4.69) is 47.9 Å². The second kappa shape index (κ2) is 5.09. The van der Waals surface area contributed by atoms with Gasteiger partial charge in [0.05, 0.1) is 22.5 Å². The third-order valence-corrected chi connectivity index (χ3v) is 4.31. The monoisotopic (exact) mass is 288 g/mol. The van der Waals surface area contributed by atoms with Crippen LogP contribution in [0.1, 0.15) is 23.6 Å². The Hall–Kier alpha value is -2.98. The topological polar surface area (TPSA) is 54.1 Å². The van der Waals surface area contributed by atoms with E-state index in [0.717, 1.165) is 17.1 Å². The number of anilines is 3. The zero-order valence-corrected chi connectivity index (χ0v) is 12.8. The number of para-hydroxylation sites is 1. The van der Waals surface area contributed by atoms with Crippen LogP contribution in [0.3, 0.4) is 0 Å². The molecule has 108 valence electrons. The van der Waals surface area contributed by atoms with Crippen molar-refractivity contribution in [3.63, 3.8) is 0 Å². The molecule has 1 heterocycles. The van der Waals surface area contributed by atoms with Crippen LogP contribution in [0.25, 0.3) is 0 Å². The minimum Gasteiger partial charge on any atom is -0.351 e. The predicted octanol–water partition coefficient (Wildman–Crippen LogP) is 3.67. The van der Waals surface area contributed by atoms with Crippen LogP contribution < -0.4 is 9.80 Å². The Morgan fingerprint density at radius 1 is 1.00 bits per heavy atom. The molecule has 0 fully saturated rings. The molecular formula is C18H16N4. The van der Waals surface area contributed by atoms with Crippen molar-refractivity contribution in [1.82, 2.24) is 0 Å². The van der Waals surface area contributed by atoms with Gasteiger partial charge in [-0.1, -0.05) is 18.2 Å². The molecule has 1 aliphatic rings. The summed E-state index contributed by atoms with van der Waals surface area (Å²) >= 11 is 0. The van der Waals surface area contributed by atoms with E-state index >= 15 is 0 Å². The number of nitrogens with zero attached hydrogens (tertiary/aromatic N) is 4. The number of rotatable bonds is 1. The highest BCUT2D eigenvalue weighted by atomic mass is 15.4. The van der Waals surface area contributed by atoms with Crippen molar-refractivity contribution < 1.29 is 0 Å². The van der Waals surface area contributed by atoms with Crippen molar-refractivity contribution >= 4 is 17.1 Å². The summed E-state index contributed by atoms with van der Waals surface area (Å²) in [4.78, 5) is 4.27. The van der Waals surface area contributed by atoms with E-state index in [0.29, 0.717) is 11.1 Å². The van der Waals surface area contributed by atoms with Crippen LogP contribution >= 0.6 is 0 Å². The summed E-state index contributed by atoms with van der Waals surface area (Å²) < 4.78 is 0. The number of hydrogen-bond acceptors (Lipinski definition) is 4. The number of nitriles is 2. The highest BCUT2D eigenvalue weighted by Gasteiger charge is 2.35. The van der Waals surface area contributed by atoms with Gasteiger partial charge in [0.2, 0.25) is 0 Å². The van der Waals surface area contributed by atoms with Crippen molar-refractivity contribution in [2.45, 2.75) is 20.0 Å². The summed E-state index contributed by atoms with van der Waals surface area (Å²) in [5.41, 5.74) is 4.97. The predicted molar refractivity (Wildman–Crippen MR) is 87.1 cm³/mol. The molecule has 0 aliphatic carbocycles. The van der Waals surface area contributed by atoms with Crippen LogP contribution in [0, 0.1) is 29.6 Å². The van der Waals surface area contributed by atoms with Crippen LogP contribution in [-0.2, 0) is 0 Å². The van der Waals surface area contributed by atoms with Crippen LogP contribution in [0.4, 0.5) is 17.1 Å². The average molecular weight is 288 g/mol. The van der Waals surface area contributed by atoms with Gasteiger partial charge in [0, 0.05) is 12.7 Å². The van der Waals surface area contributed by atoms with Gasteiger partial charge in [0.25, 0.3) is 0 Å². The maximum Gasteiger partial charge on any atom is 0.103 e. The molecular weight excluding hydrogens is 272 g/mol. The highest BCUT2D eigenvalue weighted by Crippen LogP contribution is 2.46. The van der Waals surface area contributed by atoms with Gasteiger partial charge < -0.3 is 9.80 Å². The number of fused-ring (bicyclic) bond motifs is 1. The van der Waals surface area contributed by atoms with Crippen molar-refractivity contribution in [2.24, 2.45) is 0 Å². The molecule has 0 saturated carbocycles. The lowest BCUT2D eigenvalue weighted by atomic mass is 10.0. The molecule has 1 aliphatic heterocycles. The molecule has 0 N–H and O–H groups in total. The van der Waals surface area contributed by atoms with E-state index in [1.165, 1.54) is 5.56 Å². The molecule has 1 atom stereocenters. The standard InChI is InChI=1S/C18H16N4/c1-12-6-4-5-7-16(12)22-13(2)21(3)18-15(11-20)14(10-19)8-9-17(18)22/h4-9,13H,1-3H3/t13-/m0/s1. The molecule has 4 heteroatoms. The van der Waals surface area contributed by atoms with E-state index in [1.54, 1.807) is 6.07 Å². The van der Waals surface area contributed by atoms with Gasteiger partial charge >= 0.3 is 0 Å². The van der Waals surface area contributed by atoms with Gasteiger partial charge in [-0.3, -0.25) is 0 Å². The summed E-state index contributed by atoms with van der Waals surface area (Å²) in [5.74, 6) is 0. The summed E-state index contributed by atoms with van der Waals surface area (Å²) in [6.07, 6.45) is 0.0807. The van der Waals surface area contributed by atoms with Gasteiger partial charge in [-0.15, -0.1) is 0 Å². The minimum absolute atomic E-state index is 0.0807. The molecule has 0 unspecified atom stereocenters. The van der Waals surface area contributed by atoms with Gasteiger partial charge in [-0.05, 0) is 37.6 Å². The van der Waals surface area contributed by atoms with E-state index in [-0.39, 0.29) is 6.17 Å². The molecule has 0 bridgehead atoms. The molecule has 0 radical (unpaired) electrons. The van der Waals surface area contributed by atoms with Gasteiger partial charge in [-0.25, -0.2) is 0 Å². The van der Waals surface area contributed by atoms with Gasteiger partial charge in [0.1, 0.15) is 18.3 Å². The zero-order chi connectivity index (χ0) is 15.9. The first-order chi connectivity index (χ1) is 10.6. The van der Waals surface area contributed by atoms with Crippen LogP contribution in [0.5, 0.6) is 0 Å². The smallest absolute Gasteiger partial charge is 0.103 e. The Labute approximate surface area is 130 Å². The normalized spacial score (nSPS) is 16.1. The Morgan fingerprint density at radius 2 is 1.73 bits per heavy atom. The molecule has 22 heavy (non-hydrogen) atoms. The second-order valence-electron chi connectivity index (χ2n) is 5.48. The quantitative estimate of drug-likeness (QED) is 0.803. The first-order valence-electron chi connectivity index (χ1n) is 7.15. The SMILES string of the molecule is Cc1ccccc1N1c2ccc(C#N)c(C#N)c2N(C)[C@@H]1C. The third kappa shape index (κ3) is 1.82. The van der Waals surface area contributed by atoms with Crippen LogP contribution in [-0.4, -0.2) is 13.2 Å². The Bertz CT molecular complexity index is 826. The molecule has 4 nitrogen and oxygen atoms in total. The van der Waals surface area contributed by atoms with E-state index in [4.69, 9.17) is 0 Å². The van der Waals surface area contributed by atoms with Crippen LogP contribution in [0.2, 0.25) is 0 Å². The second-order valence-corrected chi connectivity index (χ2v) is 5.48. The molecule has 0 aromatic heterocycles. The lowest BCUT2D eigenvalue weighted by molar-refractivity contribution is 0.732. The molecule has 0 saturated heterocycles. The molecule has 2 aromatic carbocycles. The molecule has 3 rings (SSSR count). The largest absolute Gasteiger partial charge is 0.351 e. The van der Waals surface area contributed by atoms with Crippen LogP contribution in [0.15, 0.2) is 36.4 Å². The fourth-order valence-electron chi connectivity index (χ4n) is 3.06. The lowest BCUT2D eigenvalue weighted by Gasteiger charge is -2.28. The summed E-state index contributed by atoms with van der Waals surface area (Å²) in [5, 5.41) is 18.7. The van der Waals surface area contributed by atoms with Crippen molar-refractivity contribution in [3.8, 4) is 12.1 Å². The zero-order valence-electron chi connectivity index (χ0n) is 12.8. The van der Waals surface area contributed by atoms with Gasteiger partial charge in [0.15, 0.2) is 0 Å². The highest BCUT2D eigenvalue weighted by molar-refractivity contribution is 5.89. The molecule has 0 spiro atoms. The summed E-state index contributed by atoms with van der Waals surface area (Å²) in [7, 11) is 1.96. The van der Waals surface area contributed by atoms with Gasteiger partial charge in [-0.2, -0.15) is 10.5 Å². The van der Waals surface area contributed by atoms with E-state index in [1.807, 2.05) is 25.2 Å². The first-order valence-corrected chi connectivity index (χ1v) is 7.15. The fraction of sp³-hybridized carbons (Fsp3) is 0.222. The Morgan fingerprint density at radius 3 is 2.36 bits per heavy atom. The number of aryl methyl sites for hydroxylation is 1. The Kier molecular flexibility index (Phi) is 3.23. The average Bonchev–Trinajstić information content (AvgIpc) is 2.79. The van der Waals surface area contributed by atoms with Crippen molar-refractivity contribution in [1.29, 1.82) is 10.5 Å². The maximum atomic E-state index is 9.48. The molecule has 0 amide bonds. The van der Waals surface area contributed by atoms with Crippen molar-refractivity contribution in [2.75, 3.05) is 16.8 Å². The van der Waals surface area contributed by atoms with Crippen molar-refractivity contribution in [3.05, 3.63) is 53.1 Å². The lowest BCUT2D eigenvalue weighted by Crippen LogP contribution is -2.36. The van der Waals surface area contributed by atoms with E-state index < -0.39 is 0 Å². The minimum atomic E-state index is 0.0807.